The van der Waals surface area contributed by atoms with E-state index in [2.05, 4.69) is 55.6 Å². The van der Waals surface area contributed by atoms with Crippen LogP contribution in [0.1, 0.15) is 37.8 Å². The molecule has 0 saturated heterocycles. The number of hydrogen-bond donors (Lipinski definition) is 1. The average Bonchev–Trinajstić information content (AvgIpc) is 2.50. The van der Waals surface area contributed by atoms with Gasteiger partial charge in [-0.3, -0.25) is 4.79 Å². The quantitative estimate of drug-likeness (QED) is 0.783. The Labute approximate surface area is 133 Å². The fraction of sp³-hybridized carbons (Fsp3) is 0.368. The van der Waals surface area contributed by atoms with E-state index in [-0.39, 0.29) is 11.9 Å². The Kier molecular flexibility index (Phi) is 6.13. The number of pyridine rings is 1. The third kappa shape index (κ3) is 5.32. The Morgan fingerprint density at radius 3 is 2.36 bits per heavy atom. The van der Waals surface area contributed by atoms with Crippen LogP contribution in [-0.4, -0.2) is 11.9 Å². The van der Waals surface area contributed by atoms with Crippen LogP contribution in [0, 0.1) is 0 Å². The predicted octanol–water partition coefficient (Wildman–Crippen LogP) is 2.87. The number of carbonyl (C=O) groups excluding carboxylic acids is 1. The van der Waals surface area contributed by atoms with E-state index in [1.165, 1.54) is 11.1 Å². The maximum atomic E-state index is 11.9. The number of amides is 1. The van der Waals surface area contributed by atoms with Gasteiger partial charge in [-0.25, -0.2) is 0 Å². The Hall–Kier alpha value is -2.16. The van der Waals surface area contributed by atoms with Gasteiger partial charge in [-0.1, -0.05) is 43.7 Å². The third-order valence-electron chi connectivity index (χ3n) is 3.67. The van der Waals surface area contributed by atoms with E-state index < -0.39 is 0 Å². The summed E-state index contributed by atoms with van der Waals surface area (Å²) in [6.07, 6.45) is 6.97. The lowest BCUT2D eigenvalue weighted by molar-refractivity contribution is -0.684. The van der Waals surface area contributed by atoms with Crippen molar-refractivity contribution in [2.24, 2.45) is 0 Å². The van der Waals surface area contributed by atoms with Crippen molar-refractivity contribution in [2.75, 3.05) is 0 Å². The van der Waals surface area contributed by atoms with E-state index in [9.17, 15) is 4.79 Å². The molecule has 1 aromatic carbocycles. The normalized spacial score (nSPS) is 11.9. The van der Waals surface area contributed by atoms with E-state index in [0.29, 0.717) is 6.54 Å². The van der Waals surface area contributed by atoms with Crippen LogP contribution in [-0.2, 0) is 17.8 Å². The minimum Gasteiger partial charge on any atom is -0.348 e. The molecule has 3 heteroatoms. The number of rotatable bonds is 7. The first-order valence-electron chi connectivity index (χ1n) is 7.98. The molecule has 0 fully saturated rings. The highest BCUT2D eigenvalue weighted by molar-refractivity contribution is 5.74. The maximum Gasteiger partial charge on any atom is 0.286 e. The molecule has 0 aliphatic carbocycles. The van der Waals surface area contributed by atoms with Gasteiger partial charge in [-0.2, -0.15) is 4.57 Å². The summed E-state index contributed by atoms with van der Waals surface area (Å²) in [5.41, 5.74) is 2.55. The average molecular weight is 297 g/mol. The van der Waals surface area contributed by atoms with Gasteiger partial charge in [0.05, 0.1) is 0 Å². The number of nitrogens with one attached hydrogen (secondary N) is 1. The molecule has 0 unspecified atom stereocenters. The Bertz CT molecular complexity index is 578. The van der Waals surface area contributed by atoms with Crippen LogP contribution in [0.25, 0.3) is 0 Å². The highest BCUT2D eigenvalue weighted by atomic mass is 16.2. The molecular weight excluding hydrogens is 272 g/mol. The monoisotopic (exact) mass is 297 g/mol. The molecule has 1 heterocycles. The molecule has 3 nitrogen and oxygen atoms in total. The molecule has 0 aliphatic rings. The van der Waals surface area contributed by atoms with Crippen molar-refractivity contribution in [1.29, 1.82) is 0 Å². The summed E-state index contributed by atoms with van der Waals surface area (Å²) in [4.78, 5) is 11.9. The molecule has 1 aromatic heterocycles. The molecule has 1 N–H and O–H groups in total. The molecule has 0 radical (unpaired) electrons. The topological polar surface area (TPSA) is 33.0 Å². The van der Waals surface area contributed by atoms with Crippen LogP contribution in [0.3, 0.4) is 0 Å². The molecule has 1 amide bonds. The van der Waals surface area contributed by atoms with Crippen LogP contribution in [0.2, 0.25) is 0 Å². The highest BCUT2D eigenvalue weighted by Gasteiger charge is 2.11. The van der Waals surface area contributed by atoms with E-state index in [4.69, 9.17) is 0 Å². The Morgan fingerprint density at radius 1 is 1.09 bits per heavy atom. The molecule has 0 spiro atoms. The summed E-state index contributed by atoms with van der Waals surface area (Å²) in [6.45, 7) is 4.55. The molecule has 1 atom stereocenters. The van der Waals surface area contributed by atoms with Crippen LogP contribution in [0.15, 0.2) is 54.9 Å². The van der Waals surface area contributed by atoms with E-state index >= 15 is 0 Å². The van der Waals surface area contributed by atoms with Crippen molar-refractivity contribution >= 4 is 5.91 Å². The van der Waals surface area contributed by atoms with Crippen molar-refractivity contribution < 1.29 is 9.36 Å². The minimum absolute atomic E-state index is 0.0711. The molecule has 0 bridgehead atoms. The largest absolute Gasteiger partial charge is 0.348 e. The van der Waals surface area contributed by atoms with Crippen molar-refractivity contribution in [3.8, 4) is 0 Å². The number of aromatic nitrogens is 1. The van der Waals surface area contributed by atoms with Gasteiger partial charge in [0.15, 0.2) is 12.4 Å². The van der Waals surface area contributed by atoms with Crippen LogP contribution < -0.4 is 9.88 Å². The SMILES string of the molecule is CCC[C@H](C)NC(=O)C[n+]1ccc(Cc2ccccc2)cc1. The molecular formula is C19H25N2O+. The van der Waals surface area contributed by atoms with Gasteiger partial charge in [-0.05, 0) is 30.9 Å². The van der Waals surface area contributed by atoms with Crippen LogP contribution in [0.4, 0.5) is 0 Å². The number of nitrogens with zero attached hydrogens (tertiary/aromatic N) is 1. The van der Waals surface area contributed by atoms with Gasteiger partial charge in [0.25, 0.3) is 5.91 Å². The number of hydrogen-bond acceptors (Lipinski definition) is 1. The lowest BCUT2D eigenvalue weighted by atomic mass is 10.1. The van der Waals surface area contributed by atoms with E-state index in [0.717, 1.165) is 19.3 Å². The summed E-state index contributed by atoms with van der Waals surface area (Å²) in [5.74, 6) is 0.0711. The van der Waals surface area contributed by atoms with Gasteiger partial charge in [-0.15, -0.1) is 0 Å². The molecule has 116 valence electrons. The first-order chi connectivity index (χ1) is 10.7. The second kappa shape index (κ2) is 8.32. The fourth-order valence-electron chi connectivity index (χ4n) is 2.53. The lowest BCUT2D eigenvalue weighted by Crippen LogP contribution is -2.44. The second-order valence-electron chi connectivity index (χ2n) is 5.80. The first kappa shape index (κ1) is 16.2. The summed E-state index contributed by atoms with van der Waals surface area (Å²) in [6, 6.07) is 14.8. The fourth-order valence-corrected chi connectivity index (χ4v) is 2.53. The zero-order valence-corrected chi connectivity index (χ0v) is 13.5. The van der Waals surface area contributed by atoms with Gasteiger partial charge < -0.3 is 5.32 Å². The third-order valence-corrected chi connectivity index (χ3v) is 3.67. The van der Waals surface area contributed by atoms with Crippen molar-refractivity contribution in [3.05, 3.63) is 66.0 Å². The van der Waals surface area contributed by atoms with E-state index in [1.807, 2.05) is 23.0 Å². The smallest absolute Gasteiger partial charge is 0.286 e. The summed E-state index contributed by atoms with van der Waals surface area (Å²) in [5, 5.41) is 3.02. The molecule has 22 heavy (non-hydrogen) atoms. The highest BCUT2D eigenvalue weighted by Crippen LogP contribution is 2.07. The zero-order chi connectivity index (χ0) is 15.8. The van der Waals surface area contributed by atoms with Crippen LogP contribution in [0.5, 0.6) is 0 Å². The molecule has 2 rings (SSSR count). The van der Waals surface area contributed by atoms with Crippen molar-refractivity contribution in [1.82, 2.24) is 5.32 Å². The van der Waals surface area contributed by atoms with Crippen molar-refractivity contribution in [3.63, 3.8) is 0 Å². The predicted molar refractivity (Wildman–Crippen MR) is 88.4 cm³/mol. The standard InChI is InChI=1S/C19H24N2O/c1-3-7-16(2)20-19(22)15-21-12-10-18(11-13-21)14-17-8-5-4-6-9-17/h4-6,8-13,16H,3,7,14-15H2,1-2H3/p+1/t16-/m0/s1. The first-order valence-corrected chi connectivity index (χ1v) is 7.98. The lowest BCUT2D eigenvalue weighted by Gasteiger charge is -2.10. The molecule has 2 aromatic rings. The van der Waals surface area contributed by atoms with E-state index in [1.54, 1.807) is 0 Å². The van der Waals surface area contributed by atoms with Gasteiger partial charge in [0.2, 0.25) is 6.54 Å². The Morgan fingerprint density at radius 2 is 1.73 bits per heavy atom. The second-order valence-corrected chi connectivity index (χ2v) is 5.80. The molecule has 0 saturated carbocycles. The molecule has 0 aliphatic heterocycles. The number of carbonyl (C=O) groups is 1. The zero-order valence-electron chi connectivity index (χ0n) is 13.5. The number of benzene rings is 1. The maximum absolute atomic E-state index is 11.9. The van der Waals surface area contributed by atoms with Crippen LogP contribution >= 0.6 is 0 Å². The Balaban J connectivity index is 1.88. The summed E-state index contributed by atoms with van der Waals surface area (Å²) < 4.78 is 1.92. The van der Waals surface area contributed by atoms with Crippen molar-refractivity contribution in [2.45, 2.75) is 45.7 Å². The summed E-state index contributed by atoms with van der Waals surface area (Å²) >= 11 is 0. The van der Waals surface area contributed by atoms with Gasteiger partial charge in [0.1, 0.15) is 0 Å². The van der Waals surface area contributed by atoms with Gasteiger partial charge >= 0.3 is 0 Å². The van der Waals surface area contributed by atoms with Gasteiger partial charge in [0, 0.05) is 18.2 Å². The minimum atomic E-state index is 0.0711. The summed E-state index contributed by atoms with van der Waals surface area (Å²) in [7, 11) is 0.